The van der Waals surface area contributed by atoms with Gasteiger partial charge in [0, 0.05) is 37.3 Å². The number of nitrogens with one attached hydrogen (secondary N) is 1. The number of hydrogen-bond acceptors (Lipinski definition) is 4. The zero-order valence-electron chi connectivity index (χ0n) is 17.4. The molecule has 2 aliphatic rings. The van der Waals surface area contributed by atoms with Crippen LogP contribution in [0.4, 0.5) is 5.69 Å². The molecule has 3 rings (SSSR count). The Kier molecular flexibility index (Phi) is 6.63. The summed E-state index contributed by atoms with van der Waals surface area (Å²) < 4.78 is 27.7. The van der Waals surface area contributed by atoms with E-state index in [1.807, 2.05) is 20.8 Å². The van der Waals surface area contributed by atoms with E-state index < -0.39 is 10.0 Å². The lowest BCUT2D eigenvalue weighted by molar-refractivity contribution is -0.129. The first-order valence-corrected chi connectivity index (χ1v) is 11.9. The minimum atomic E-state index is -3.54. The number of sulfonamides is 1. The predicted octanol–water partition coefficient (Wildman–Crippen LogP) is 2.84. The number of likely N-dealkylation sites (tertiary alicyclic amines) is 1. The van der Waals surface area contributed by atoms with Gasteiger partial charge in [-0.2, -0.15) is 4.31 Å². The molecule has 0 saturated carbocycles. The summed E-state index contributed by atoms with van der Waals surface area (Å²) in [4.78, 5) is 26.5. The Labute approximate surface area is 173 Å². The van der Waals surface area contributed by atoms with Gasteiger partial charge < -0.3 is 10.2 Å². The van der Waals surface area contributed by atoms with Crippen molar-refractivity contribution in [3.63, 3.8) is 0 Å². The van der Waals surface area contributed by atoms with Crippen LogP contribution >= 0.6 is 0 Å². The Morgan fingerprint density at radius 2 is 1.90 bits per heavy atom. The zero-order chi connectivity index (χ0) is 21.2. The van der Waals surface area contributed by atoms with Gasteiger partial charge in [-0.1, -0.05) is 13.3 Å². The average Bonchev–Trinajstić information content (AvgIpc) is 3.10. The van der Waals surface area contributed by atoms with Gasteiger partial charge in [-0.05, 0) is 57.4 Å². The second-order valence-corrected chi connectivity index (χ2v) is 10.1. The summed E-state index contributed by atoms with van der Waals surface area (Å²) in [6.07, 6.45) is 3.87. The molecule has 0 spiro atoms. The third-order valence-electron chi connectivity index (χ3n) is 5.93. The van der Waals surface area contributed by atoms with Crippen LogP contribution < -0.4 is 5.32 Å². The van der Waals surface area contributed by atoms with Crippen LogP contribution in [0.25, 0.3) is 0 Å². The maximum Gasteiger partial charge on any atom is 0.243 e. The summed E-state index contributed by atoms with van der Waals surface area (Å²) in [6.45, 7) is 6.86. The molecule has 160 valence electrons. The first kappa shape index (κ1) is 21.8. The highest BCUT2D eigenvalue weighted by molar-refractivity contribution is 7.89. The molecule has 1 N–H and O–H groups in total. The van der Waals surface area contributed by atoms with Crippen LogP contribution in [0.15, 0.2) is 29.2 Å². The summed E-state index contributed by atoms with van der Waals surface area (Å²) in [7, 11) is -3.54. The van der Waals surface area contributed by atoms with Gasteiger partial charge in [0.1, 0.15) is 0 Å². The van der Waals surface area contributed by atoms with Crippen molar-refractivity contribution in [2.45, 2.75) is 69.9 Å². The molecule has 8 heteroatoms. The molecule has 0 radical (unpaired) electrons. The second kappa shape index (κ2) is 8.83. The van der Waals surface area contributed by atoms with E-state index in [0.717, 1.165) is 25.7 Å². The number of carbonyl (C=O) groups excluding carboxylic acids is 2. The fourth-order valence-corrected chi connectivity index (χ4v) is 5.96. The van der Waals surface area contributed by atoms with E-state index in [0.29, 0.717) is 18.8 Å². The third-order valence-corrected chi connectivity index (χ3v) is 7.89. The number of rotatable bonds is 6. The molecule has 29 heavy (non-hydrogen) atoms. The van der Waals surface area contributed by atoms with Crippen LogP contribution in [0.1, 0.15) is 52.9 Å². The Balaban J connectivity index is 1.67. The lowest BCUT2D eigenvalue weighted by Crippen LogP contribution is -2.43. The average molecular weight is 422 g/mol. The van der Waals surface area contributed by atoms with E-state index in [1.165, 1.54) is 0 Å². The molecule has 1 aromatic rings. The fourth-order valence-electron chi connectivity index (χ4n) is 4.19. The zero-order valence-corrected chi connectivity index (χ0v) is 18.2. The highest BCUT2D eigenvalue weighted by atomic mass is 32.2. The smallest absolute Gasteiger partial charge is 0.243 e. The second-order valence-electron chi connectivity index (χ2n) is 8.23. The topological polar surface area (TPSA) is 86.8 Å². The van der Waals surface area contributed by atoms with Gasteiger partial charge in [0.25, 0.3) is 0 Å². The van der Waals surface area contributed by atoms with E-state index in [4.69, 9.17) is 0 Å². The molecular weight excluding hydrogens is 390 g/mol. The number of anilines is 1. The predicted molar refractivity (Wildman–Crippen MR) is 112 cm³/mol. The molecule has 7 nitrogen and oxygen atoms in total. The van der Waals surface area contributed by atoms with Crippen molar-refractivity contribution in [2.75, 3.05) is 18.4 Å². The van der Waals surface area contributed by atoms with Gasteiger partial charge in [-0.3, -0.25) is 9.59 Å². The van der Waals surface area contributed by atoms with Gasteiger partial charge in [0.15, 0.2) is 0 Å². The number of hydrogen-bond donors (Lipinski definition) is 1. The van der Waals surface area contributed by atoms with E-state index in [1.54, 1.807) is 33.5 Å². The van der Waals surface area contributed by atoms with Gasteiger partial charge in [0.05, 0.1) is 10.8 Å². The molecule has 2 saturated heterocycles. The van der Waals surface area contributed by atoms with Crippen LogP contribution in [0, 0.1) is 5.92 Å². The lowest BCUT2D eigenvalue weighted by Gasteiger charge is -2.34. The van der Waals surface area contributed by atoms with Crippen molar-refractivity contribution in [3.05, 3.63) is 24.3 Å². The van der Waals surface area contributed by atoms with Crippen LogP contribution in [0.2, 0.25) is 0 Å². The molecule has 0 aromatic heterocycles. The highest BCUT2D eigenvalue weighted by Gasteiger charge is 2.36. The van der Waals surface area contributed by atoms with Crippen LogP contribution in [-0.4, -0.2) is 54.6 Å². The van der Waals surface area contributed by atoms with E-state index >= 15 is 0 Å². The lowest BCUT2D eigenvalue weighted by atomic mass is 10.0. The van der Waals surface area contributed by atoms with Crippen molar-refractivity contribution >= 4 is 27.5 Å². The summed E-state index contributed by atoms with van der Waals surface area (Å²) in [5.41, 5.74) is 0.537. The van der Waals surface area contributed by atoms with Crippen molar-refractivity contribution in [3.8, 4) is 0 Å². The van der Waals surface area contributed by atoms with Crippen molar-refractivity contribution in [2.24, 2.45) is 5.92 Å². The van der Waals surface area contributed by atoms with Crippen LogP contribution in [0.3, 0.4) is 0 Å². The maximum absolute atomic E-state index is 13.0. The van der Waals surface area contributed by atoms with Crippen molar-refractivity contribution in [1.29, 1.82) is 0 Å². The monoisotopic (exact) mass is 421 g/mol. The molecule has 0 aliphatic carbocycles. The number of benzene rings is 1. The summed E-state index contributed by atoms with van der Waals surface area (Å²) in [5.74, 6) is -0.597. The standard InChI is InChI=1S/C21H31N3O4S/c1-4-18-7-5-6-12-24(18)29(27,28)19-10-8-17(9-11-19)22-21(26)16-13-20(25)23(14-16)15(2)3/h8-11,15-16,18H,4-7,12-14H2,1-3H3,(H,22,26)/t16-,18-/m1/s1. The molecule has 2 heterocycles. The van der Waals surface area contributed by atoms with Crippen LogP contribution in [-0.2, 0) is 19.6 Å². The quantitative estimate of drug-likeness (QED) is 0.765. The molecule has 1 aromatic carbocycles. The number of amides is 2. The van der Waals surface area contributed by atoms with E-state index in [2.05, 4.69) is 5.32 Å². The maximum atomic E-state index is 13.0. The van der Waals surface area contributed by atoms with E-state index in [-0.39, 0.29) is 41.1 Å². The van der Waals surface area contributed by atoms with Gasteiger partial charge in [-0.25, -0.2) is 8.42 Å². The summed E-state index contributed by atoms with van der Waals surface area (Å²) in [5, 5.41) is 2.82. The Morgan fingerprint density at radius 1 is 1.21 bits per heavy atom. The Bertz CT molecular complexity index is 851. The fraction of sp³-hybridized carbons (Fsp3) is 0.619. The first-order chi connectivity index (χ1) is 13.7. The third kappa shape index (κ3) is 4.64. The normalized spacial score (nSPS) is 23.6. The molecule has 0 bridgehead atoms. The summed E-state index contributed by atoms with van der Waals surface area (Å²) >= 11 is 0. The highest BCUT2D eigenvalue weighted by Crippen LogP contribution is 2.28. The Hall–Kier alpha value is -1.93. The number of nitrogens with zero attached hydrogens (tertiary/aromatic N) is 2. The largest absolute Gasteiger partial charge is 0.339 e. The van der Waals surface area contributed by atoms with Gasteiger partial charge >= 0.3 is 0 Å². The molecule has 2 amide bonds. The van der Waals surface area contributed by atoms with Crippen LogP contribution in [0.5, 0.6) is 0 Å². The minimum Gasteiger partial charge on any atom is -0.339 e. The van der Waals surface area contributed by atoms with Gasteiger partial charge in [0.2, 0.25) is 21.8 Å². The first-order valence-electron chi connectivity index (χ1n) is 10.5. The molecule has 2 fully saturated rings. The molecule has 0 unspecified atom stereocenters. The minimum absolute atomic E-state index is 0.00592. The van der Waals surface area contributed by atoms with E-state index in [9.17, 15) is 18.0 Å². The number of carbonyl (C=O) groups is 2. The SMILES string of the molecule is CC[C@@H]1CCCCN1S(=O)(=O)c1ccc(NC(=O)[C@@H]2CC(=O)N(C(C)C)C2)cc1. The molecule has 2 aliphatic heterocycles. The van der Waals surface area contributed by atoms with Gasteiger partial charge in [-0.15, -0.1) is 0 Å². The molecule has 2 atom stereocenters. The number of piperidine rings is 1. The Morgan fingerprint density at radius 3 is 2.48 bits per heavy atom. The summed E-state index contributed by atoms with van der Waals surface area (Å²) in [6, 6.07) is 6.46. The molecular formula is C21H31N3O4S. The van der Waals surface area contributed by atoms with Crippen molar-refractivity contribution in [1.82, 2.24) is 9.21 Å². The van der Waals surface area contributed by atoms with Crippen molar-refractivity contribution < 1.29 is 18.0 Å².